The third-order valence-corrected chi connectivity index (χ3v) is 3.99. The Kier molecular flexibility index (Phi) is 7.62. The van der Waals surface area contributed by atoms with E-state index in [1.54, 1.807) is 11.3 Å². The third-order valence-electron chi connectivity index (χ3n) is 3.28. The molecule has 0 aliphatic carbocycles. The van der Waals surface area contributed by atoms with Crippen LogP contribution in [0.25, 0.3) is 0 Å². The van der Waals surface area contributed by atoms with Gasteiger partial charge in [-0.3, -0.25) is 9.89 Å². The summed E-state index contributed by atoms with van der Waals surface area (Å²) in [7, 11) is 0. The molecule has 0 saturated carbocycles. The van der Waals surface area contributed by atoms with Gasteiger partial charge in [0.1, 0.15) is 0 Å². The van der Waals surface area contributed by atoms with E-state index >= 15 is 0 Å². The van der Waals surface area contributed by atoms with Crippen molar-refractivity contribution in [2.24, 2.45) is 16.6 Å². The second-order valence-electron chi connectivity index (χ2n) is 5.29. The van der Waals surface area contributed by atoms with Crippen LogP contribution in [0.5, 0.6) is 0 Å². The van der Waals surface area contributed by atoms with Gasteiger partial charge in [-0.15, -0.1) is 0 Å². The first-order valence-corrected chi connectivity index (χ1v) is 8.32. The molecule has 1 unspecified atom stereocenters. The molecule has 1 atom stereocenters. The number of rotatable bonds is 8. The van der Waals surface area contributed by atoms with Crippen LogP contribution in [0.4, 0.5) is 0 Å². The van der Waals surface area contributed by atoms with Crippen LogP contribution in [0.1, 0.15) is 39.3 Å². The second-order valence-corrected chi connectivity index (χ2v) is 6.07. The fourth-order valence-electron chi connectivity index (χ4n) is 2.12. The smallest absolute Gasteiger partial charge is 0.188 e. The van der Waals surface area contributed by atoms with Gasteiger partial charge in [-0.05, 0) is 41.4 Å². The van der Waals surface area contributed by atoms with E-state index in [0.717, 1.165) is 26.2 Å². The number of thiophene rings is 1. The maximum Gasteiger partial charge on any atom is 0.188 e. The number of guanidine groups is 1. The first kappa shape index (κ1) is 17.0. The average Bonchev–Trinajstić information content (AvgIpc) is 2.94. The van der Waals surface area contributed by atoms with Crippen molar-refractivity contribution in [2.45, 2.75) is 33.7 Å². The summed E-state index contributed by atoms with van der Waals surface area (Å²) >= 11 is 1.74. The zero-order chi connectivity index (χ0) is 15.0. The first-order chi connectivity index (χ1) is 9.58. The molecule has 1 heterocycles. The van der Waals surface area contributed by atoms with E-state index in [-0.39, 0.29) is 0 Å². The molecule has 3 N–H and O–H groups in total. The van der Waals surface area contributed by atoms with Crippen LogP contribution >= 0.6 is 11.3 Å². The van der Waals surface area contributed by atoms with E-state index in [9.17, 15) is 0 Å². The lowest BCUT2D eigenvalue weighted by Crippen LogP contribution is -2.41. The Balaban J connectivity index is 2.64. The summed E-state index contributed by atoms with van der Waals surface area (Å²) in [5.41, 5.74) is 7.28. The van der Waals surface area contributed by atoms with Gasteiger partial charge < -0.3 is 11.1 Å². The van der Waals surface area contributed by atoms with Gasteiger partial charge in [-0.2, -0.15) is 11.3 Å². The van der Waals surface area contributed by atoms with E-state index in [1.807, 2.05) is 0 Å². The largest absolute Gasteiger partial charge is 0.370 e. The van der Waals surface area contributed by atoms with Crippen molar-refractivity contribution in [3.8, 4) is 0 Å². The Hall–Kier alpha value is -1.07. The van der Waals surface area contributed by atoms with E-state index in [1.165, 1.54) is 5.56 Å². The lowest BCUT2D eigenvalue weighted by atomic mass is 10.1. The number of nitrogens with two attached hydrogens (primary N) is 1. The monoisotopic (exact) mass is 296 g/mol. The van der Waals surface area contributed by atoms with Gasteiger partial charge in [0.15, 0.2) is 5.96 Å². The zero-order valence-electron chi connectivity index (χ0n) is 13.1. The molecule has 0 aliphatic rings. The van der Waals surface area contributed by atoms with E-state index in [2.05, 4.69) is 59.7 Å². The van der Waals surface area contributed by atoms with E-state index in [0.29, 0.717) is 17.9 Å². The molecule has 1 aromatic rings. The summed E-state index contributed by atoms with van der Waals surface area (Å²) in [6.07, 6.45) is 0. The minimum atomic E-state index is 0.351. The van der Waals surface area contributed by atoms with Gasteiger partial charge in [0.25, 0.3) is 0 Å². The fraction of sp³-hybridized carbons (Fsp3) is 0.667. The van der Waals surface area contributed by atoms with Crippen molar-refractivity contribution in [1.29, 1.82) is 0 Å². The van der Waals surface area contributed by atoms with Crippen molar-refractivity contribution in [1.82, 2.24) is 10.2 Å². The Bertz CT molecular complexity index is 383. The molecule has 0 amide bonds. The van der Waals surface area contributed by atoms with E-state index < -0.39 is 0 Å². The predicted molar refractivity (Wildman–Crippen MR) is 89.3 cm³/mol. The summed E-state index contributed by atoms with van der Waals surface area (Å²) < 4.78 is 0. The Morgan fingerprint density at radius 3 is 2.60 bits per heavy atom. The third kappa shape index (κ3) is 5.51. The molecule has 0 aliphatic heterocycles. The maximum atomic E-state index is 5.93. The van der Waals surface area contributed by atoms with Gasteiger partial charge in [-0.1, -0.05) is 27.7 Å². The Labute approximate surface area is 127 Å². The average molecular weight is 296 g/mol. The minimum absolute atomic E-state index is 0.351. The molecule has 0 bridgehead atoms. The van der Waals surface area contributed by atoms with Gasteiger partial charge in [0, 0.05) is 13.1 Å². The number of likely N-dealkylation sites (N-methyl/N-ethyl adjacent to an activating group) is 1. The molecule has 0 saturated heterocycles. The molecule has 0 fully saturated rings. The Morgan fingerprint density at radius 1 is 1.40 bits per heavy atom. The second kappa shape index (κ2) is 8.97. The molecule has 114 valence electrons. The van der Waals surface area contributed by atoms with Crippen LogP contribution in [0.3, 0.4) is 0 Å². The number of hydrogen-bond donors (Lipinski definition) is 2. The summed E-state index contributed by atoms with van der Waals surface area (Å²) in [5.74, 6) is 1.08. The number of aliphatic imine (C=N–C) groups is 1. The minimum Gasteiger partial charge on any atom is -0.370 e. The van der Waals surface area contributed by atoms with Crippen molar-refractivity contribution in [2.75, 3.05) is 26.2 Å². The first-order valence-electron chi connectivity index (χ1n) is 7.38. The lowest BCUT2D eigenvalue weighted by molar-refractivity contribution is 0.219. The molecule has 4 nitrogen and oxygen atoms in total. The molecule has 1 aromatic heterocycles. The van der Waals surface area contributed by atoms with Gasteiger partial charge in [0.05, 0.1) is 6.04 Å². The normalized spacial score (nSPS) is 14.0. The molecule has 0 radical (unpaired) electrons. The number of nitrogens with one attached hydrogen (secondary N) is 1. The summed E-state index contributed by atoms with van der Waals surface area (Å²) in [5, 5.41) is 7.61. The SMILES string of the molecule is CCN(CC)C(CNC(N)=NCC(C)C)c1ccsc1. The number of hydrogen-bond acceptors (Lipinski definition) is 3. The lowest BCUT2D eigenvalue weighted by Gasteiger charge is -2.29. The van der Waals surface area contributed by atoms with Crippen LogP contribution in [0.2, 0.25) is 0 Å². The standard InChI is InChI=1S/C15H28N4S/c1-5-19(6-2)14(13-7-8-20-11-13)10-18-15(16)17-9-12(3)4/h7-8,11-12,14H,5-6,9-10H2,1-4H3,(H3,16,17,18). The highest BCUT2D eigenvalue weighted by atomic mass is 32.1. The van der Waals surface area contributed by atoms with Gasteiger partial charge >= 0.3 is 0 Å². The molecule has 1 rings (SSSR count). The molecular weight excluding hydrogens is 268 g/mol. The predicted octanol–water partition coefficient (Wildman–Crippen LogP) is 2.69. The summed E-state index contributed by atoms with van der Waals surface area (Å²) in [4.78, 5) is 6.79. The maximum absolute atomic E-state index is 5.93. The summed E-state index contributed by atoms with van der Waals surface area (Å²) in [6.45, 7) is 12.3. The van der Waals surface area contributed by atoms with Crippen LogP contribution in [0.15, 0.2) is 21.8 Å². The summed E-state index contributed by atoms with van der Waals surface area (Å²) in [6, 6.07) is 2.54. The van der Waals surface area contributed by atoms with Crippen LogP contribution in [-0.4, -0.2) is 37.0 Å². The highest BCUT2D eigenvalue weighted by Gasteiger charge is 2.18. The quantitative estimate of drug-likeness (QED) is 0.573. The molecule has 20 heavy (non-hydrogen) atoms. The fourth-order valence-corrected chi connectivity index (χ4v) is 2.83. The van der Waals surface area contributed by atoms with Crippen molar-refractivity contribution < 1.29 is 0 Å². The molecular formula is C15H28N4S. The van der Waals surface area contributed by atoms with Crippen LogP contribution in [0, 0.1) is 5.92 Å². The van der Waals surface area contributed by atoms with Crippen molar-refractivity contribution in [3.63, 3.8) is 0 Å². The zero-order valence-corrected chi connectivity index (χ0v) is 13.9. The molecule has 0 spiro atoms. The highest BCUT2D eigenvalue weighted by Crippen LogP contribution is 2.22. The topological polar surface area (TPSA) is 53.6 Å². The van der Waals surface area contributed by atoms with E-state index in [4.69, 9.17) is 5.73 Å². The molecule has 0 aromatic carbocycles. The van der Waals surface area contributed by atoms with Gasteiger partial charge in [0.2, 0.25) is 0 Å². The highest BCUT2D eigenvalue weighted by molar-refractivity contribution is 7.07. The Morgan fingerprint density at radius 2 is 2.10 bits per heavy atom. The molecule has 5 heteroatoms. The number of nitrogens with zero attached hydrogens (tertiary/aromatic N) is 2. The van der Waals surface area contributed by atoms with Crippen LogP contribution < -0.4 is 11.1 Å². The van der Waals surface area contributed by atoms with Crippen molar-refractivity contribution >= 4 is 17.3 Å². The van der Waals surface area contributed by atoms with Gasteiger partial charge in [-0.25, -0.2) is 0 Å². The van der Waals surface area contributed by atoms with Crippen molar-refractivity contribution in [3.05, 3.63) is 22.4 Å². The van der Waals surface area contributed by atoms with Crippen LogP contribution in [-0.2, 0) is 0 Å².